The first-order valence-corrected chi connectivity index (χ1v) is 9.68. The average Bonchev–Trinajstić information content (AvgIpc) is 2.83. The van der Waals surface area contributed by atoms with Crippen LogP contribution in [0.25, 0.3) is 11.1 Å². The number of thiocarbonyl (C=S) groups is 1. The van der Waals surface area contributed by atoms with Gasteiger partial charge >= 0.3 is 11.9 Å². The number of hydrogen-bond donors (Lipinski definition) is 2. The summed E-state index contributed by atoms with van der Waals surface area (Å²) >= 11 is 5.66. The first-order chi connectivity index (χ1) is 14.2. The Hall–Kier alpha value is -3.04. The van der Waals surface area contributed by atoms with Gasteiger partial charge in [0.25, 0.3) is 0 Å². The van der Waals surface area contributed by atoms with Gasteiger partial charge in [0.05, 0.1) is 12.1 Å². The number of carbonyl (C=O) groups is 2. The summed E-state index contributed by atoms with van der Waals surface area (Å²) in [6.45, 7) is 1.76. The van der Waals surface area contributed by atoms with Crippen LogP contribution in [-0.2, 0) is 9.59 Å². The summed E-state index contributed by atoms with van der Waals surface area (Å²) in [5, 5.41) is 14.8. The van der Waals surface area contributed by atoms with Gasteiger partial charge < -0.3 is 24.7 Å². The Balaban J connectivity index is 0.000000469. The minimum Gasteiger partial charge on any atom is -0.473 e. The zero-order valence-electron chi connectivity index (χ0n) is 17.1. The standard InChI is InChI=1S/C19H23N3OS.C2H2O4/c1-21(2)10-9-16-13-22(3)19(24)17-11-15(12-20-18(17)23-16)14-7-5-4-6-8-14;3-1(4)2(5)6/h4-8,11-12,16H,9-10,13H2,1-3H3;(H,3,4)(H,5,6). The second-order valence-corrected chi connectivity index (χ2v) is 7.46. The van der Waals surface area contributed by atoms with Crippen LogP contribution >= 0.6 is 12.2 Å². The average molecular weight is 432 g/mol. The van der Waals surface area contributed by atoms with Crippen LogP contribution in [0, 0.1) is 0 Å². The highest BCUT2D eigenvalue weighted by molar-refractivity contribution is 7.80. The fourth-order valence-corrected chi connectivity index (χ4v) is 3.05. The summed E-state index contributed by atoms with van der Waals surface area (Å²) < 4.78 is 6.17. The number of carboxylic acids is 2. The number of pyridine rings is 1. The van der Waals surface area contributed by atoms with Crippen molar-refractivity contribution in [3.63, 3.8) is 0 Å². The maximum atomic E-state index is 9.10. The highest BCUT2D eigenvalue weighted by Crippen LogP contribution is 2.28. The summed E-state index contributed by atoms with van der Waals surface area (Å²) in [5.74, 6) is -3.00. The van der Waals surface area contributed by atoms with Gasteiger partial charge in [-0.05, 0) is 32.1 Å². The summed E-state index contributed by atoms with van der Waals surface area (Å²) in [6.07, 6.45) is 2.90. The fourth-order valence-electron chi connectivity index (χ4n) is 2.83. The molecule has 0 saturated carbocycles. The predicted octanol–water partition coefficient (Wildman–Crippen LogP) is 2.22. The second-order valence-electron chi connectivity index (χ2n) is 7.07. The van der Waals surface area contributed by atoms with Crippen molar-refractivity contribution < 1.29 is 24.5 Å². The van der Waals surface area contributed by atoms with E-state index in [1.54, 1.807) is 0 Å². The molecule has 2 aromatic rings. The van der Waals surface area contributed by atoms with Crippen LogP contribution in [0.5, 0.6) is 5.88 Å². The largest absolute Gasteiger partial charge is 0.473 e. The molecule has 1 aromatic carbocycles. The van der Waals surface area contributed by atoms with Crippen LogP contribution in [0.3, 0.4) is 0 Å². The Labute approximate surface area is 180 Å². The number of rotatable bonds is 4. The SMILES string of the molecule is CN(C)CCC1CN(C)C(=S)c2cc(-c3ccccc3)cnc2O1.O=C(O)C(=O)O. The quantitative estimate of drug-likeness (QED) is 0.557. The van der Waals surface area contributed by atoms with Crippen molar-refractivity contribution in [3.8, 4) is 17.0 Å². The first kappa shape index (κ1) is 23.2. The van der Waals surface area contributed by atoms with Gasteiger partial charge in [-0.1, -0.05) is 42.5 Å². The van der Waals surface area contributed by atoms with E-state index in [1.807, 2.05) is 31.4 Å². The smallest absolute Gasteiger partial charge is 0.414 e. The molecular weight excluding hydrogens is 406 g/mol. The molecule has 1 aliphatic heterocycles. The molecule has 2 heterocycles. The van der Waals surface area contributed by atoms with E-state index >= 15 is 0 Å². The zero-order valence-corrected chi connectivity index (χ0v) is 17.9. The van der Waals surface area contributed by atoms with Crippen molar-refractivity contribution in [1.82, 2.24) is 14.8 Å². The van der Waals surface area contributed by atoms with Crippen molar-refractivity contribution in [3.05, 3.63) is 48.2 Å². The molecule has 1 aromatic heterocycles. The second kappa shape index (κ2) is 10.7. The topological polar surface area (TPSA) is 103 Å². The van der Waals surface area contributed by atoms with Crippen molar-refractivity contribution in [1.29, 1.82) is 0 Å². The lowest BCUT2D eigenvalue weighted by Crippen LogP contribution is -2.35. The molecule has 0 aliphatic carbocycles. The van der Waals surface area contributed by atoms with E-state index in [9.17, 15) is 0 Å². The lowest BCUT2D eigenvalue weighted by molar-refractivity contribution is -0.159. The molecule has 9 heteroatoms. The third-order valence-electron chi connectivity index (χ3n) is 4.37. The van der Waals surface area contributed by atoms with Crippen LogP contribution in [0.15, 0.2) is 42.6 Å². The van der Waals surface area contributed by atoms with E-state index in [0.717, 1.165) is 41.2 Å². The lowest BCUT2D eigenvalue weighted by atomic mass is 10.1. The molecule has 0 radical (unpaired) electrons. The molecule has 0 saturated heterocycles. The molecule has 1 unspecified atom stereocenters. The Kier molecular flexibility index (Phi) is 8.25. The van der Waals surface area contributed by atoms with E-state index < -0.39 is 11.9 Å². The van der Waals surface area contributed by atoms with E-state index in [2.05, 4.69) is 47.1 Å². The maximum Gasteiger partial charge on any atom is 0.414 e. The molecule has 160 valence electrons. The zero-order chi connectivity index (χ0) is 22.3. The summed E-state index contributed by atoms with van der Waals surface area (Å²) in [5.41, 5.74) is 3.09. The number of hydrogen-bond acceptors (Lipinski definition) is 6. The van der Waals surface area contributed by atoms with E-state index in [-0.39, 0.29) is 6.10 Å². The molecule has 8 nitrogen and oxygen atoms in total. The Morgan fingerprint density at radius 2 is 1.83 bits per heavy atom. The Bertz CT molecular complexity index is 893. The third kappa shape index (κ3) is 6.50. The Morgan fingerprint density at radius 3 is 2.40 bits per heavy atom. The van der Waals surface area contributed by atoms with Crippen molar-refractivity contribution in [2.45, 2.75) is 12.5 Å². The molecule has 0 bridgehead atoms. The highest BCUT2D eigenvalue weighted by Gasteiger charge is 2.25. The number of ether oxygens (including phenoxy) is 1. The summed E-state index contributed by atoms with van der Waals surface area (Å²) in [4.78, 5) is 27.8. The molecule has 3 rings (SSSR count). The lowest BCUT2D eigenvalue weighted by Gasteiger charge is -2.22. The summed E-state index contributed by atoms with van der Waals surface area (Å²) in [6, 6.07) is 12.3. The normalized spacial score (nSPS) is 15.4. The highest BCUT2D eigenvalue weighted by atomic mass is 32.1. The van der Waals surface area contributed by atoms with Crippen LogP contribution in [0.1, 0.15) is 12.0 Å². The van der Waals surface area contributed by atoms with Crippen LogP contribution in [0.4, 0.5) is 0 Å². The number of nitrogens with zero attached hydrogens (tertiary/aromatic N) is 3. The van der Waals surface area contributed by atoms with Crippen molar-refractivity contribution >= 4 is 29.1 Å². The molecule has 0 spiro atoms. The molecular formula is C21H25N3O5S. The molecule has 1 atom stereocenters. The molecule has 0 fully saturated rings. The molecule has 2 N–H and O–H groups in total. The van der Waals surface area contributed by atoms with Gasteiger partial charge in [0.15, 0.2) is 0 Å². The van der Waals surface area contributed by atoms with Crippen LogP contribution in [-0.4, -0.2) is 82.3 Å². The van der Waals surface area contributed by atoms with Gasteiger partial charge in [-0.3, -0.25) is 0 Å². The number of aromatic nitrogens is 1. The minimum atomic E-state index is -1.82. The van der Waals surface area contributed by atoms with Gasteiger partial charge in [0.1, 0.15) is 11.1 Å². The number of likely N-dealkylation sites (N-methyl/N-ethyl adjacent to an activating group) is 1. The van der Waals surface area contributed by atoms with Crippen LogP contribution < -0.4 is 4.74 Å². The van der Waals surface area contributed by atoms with Crippen molar-refractivity contribution in [2.75, 3.05) is 34.2 Å². The van der Waals surface area contributed by atoms with Crippen molar-refractivity contribution in [2.24, 2.45) is 0 Å². The van der Waals surface area contributed by atoms with Crippen LogP contribution in [0.2, 0.25) is 0 Å². The maximum absolute atomic E-state index is 9.10. The first-order valence-electron chi connectivity index (χ1n) is 9.27. The number of carboxylic acid groups (broad SMARTS) is 2. The van der Waals surface area contributed by atoms with E-state index in [4.69, 9.17) is 36.8 Å². The van der Waals surface area contributed by atoms with Gasteiger partial charge in [-0.2, -0.15) is 0 Å². The molecule has 1 aliphatic rings. The third-order valence-corrected chi connectivity index (χ3v) is 4.90. The number of fused-ring (bicyclic) bond motifs is 1. The van der Waals surface area contributed by atoms with Gasteiger partial charge in [0.2, 0.25) is 5.88 Å². The molecule has 0 amide bonds. The van der Waals surface area contributed by atoms with Gasteiger partial charge in [0, 0.05) is 25.4 Å². The fraction of sp³-hybridized carbons (Fsp3) is 0.333. The molecule has 30 heavy (non-hydrogen) atoms. The minimum absolute atomic E-state index is 0.0895. The Morgan fingerprint density at radius 1 is 1.20 bits per heavy atom. The van der Waals surface area contributed by atoms with E-state index in [1.165, 1.54) is 0 Å². The monoisotopic (exact) mass is 431 g/mol. The summed E-state index contributed by atoms with van der Waals surface area (Å²) in [7, 11) is 6.17. The number of aliphatic carboxylic acids is 2. The van der Waals surface area contributed by atoms with E-state index in [0.29, 0.717) is 5.88 Å². The predicted molar refractivity (Wildman–Crippen MR) is 117 cm³/mol. The van der Waals surface area contributed by atoms with Gasteiger partial charge in [-0.15, -0.1) is 0 Å². The number of benzene rings is 1. The van der Waals surface area contributed by atoms with Gasteiger partial charge in [-0.25, -0.2) is 14.6 Å².